The summed E-state index contributed by atoms with van der Waals surface area (Å²) in [6.07, 6.45) is 1.34. The second-order valence-electron chi connectivity index (χ2n) is 5.04. The van der Waals surface area contributed by atoms with Gasteiger partial charge in [0.15, 0.2) is 0 Å². The molecule has 1 saturated heterocycles. The van der Waals surface area contributed by atoms with Crippen molar-refractivity contribution in [1.82, 2.24) is 5.32 Å². The van der Waals surface area contributed by atoms with Gasteiger partial charge in [0.25, 0.3) is 0 Å². The average Bonchev–Trinajstić information content (AvgIpc) is 2.39. The molecular formula is C13H21N3O2S. The van der Waals surface area contributed by atoms with Crippen LogP contribution in [0.4, 0.5) is 11.4 Å². The molecule has 5 nitrogen and oxygen atoms in total. The number of benzene rings is 1. The summed E-state index contributed by atoms with van der Waals surface area (Å²) < 4.78 is 27.3. The van der Waals surface area contributed by atoms with Crippen molar-refractivity contribution in [3.05, 3.63) is 24.3 Å². The SMILES string of the molecule is CN(C)c1cccc(NS(=O)(=O)C2CCNCC2)c1. The van der Waals surface area contributed by atoms with Gasteiger partial charge in [0, 0.05) is 19.8 Å². The van der Waals surface area contributed by atoms with E-state index < -0.39 is 10.0 Å². The van der Waals surface area contributed by atoms with Crippen LogP contribution in [-0.4, -0.2) is 40.9 Å². The first-order valence-corrected chi connectivity index (χ1v) is 8.03. The van der Waals surface area contributed by atoms with Crippen LogP contribution in [0.25, 0.3) is 0 Å². The van der Waals surface area contributed by atoms with Crippen LogP contribution in [0.3, 0.4) is 0 Å². The third-order valence-corrected chi connectivity index (χ3v) is 5.22. The Bertz CT molecular complexity index is 522. The standard InChI is InChI=1S/C13H21N3O2S/c1-16(2)12-5-3-4-11(10-12)15-19(17,18)13-6-8-14-9-7-13/h3-5,10,13-15H,6-9H2,1-2H3. The van der Waals surface area contributed by atoms with Crippen LogP contribution in [-0.2, 0) is 10.0 Å². The maximum absolute atomic E-state index is 12.3. The van der Waals surface area contributed by atoms with Gasteiger partial charge in [0.2, 0.25) is 10.0 Å². The van der Waals surface area contributed by atoms with Crippen molar-refractivity contribution in [1.29, 1.82) is 0 Å². The smallest absolute Gasteiger partial charge is 0.235 e. The van der Waals surface area contributed by atoms with Crippen LogP contribution in [0.15, 0.2) is 24.3 Å². The molecule has 0 aromatic heterocycles. The molecule has 0 amide bonds. The first kappa shape index (κ1) is 14.1. The van der Waals surface area contributed by atoms with Crippen molar-refractivity contribution in [2.45, 2.75) is 18.1 Å². The summed E-state index contributed by atoms with van der Waals surface area (Å²) in [7, 11) is 0.575. The Kier molecular flexibility index (Phi) is 4.31. The minimum atomic E-state index is -3.29. The van der Waals surface area contributed by atoms with Crippen LogP contribution in [0.5, 0.6) is 0 Å². The number of nitrogens with one attached hydrogen (secondary N) is 2. The molecule has 0 bridgehead atoms. The first-order chi connectivity index (χ1) is 8.99. The molecule has 0 unspecified atom stereocenters. The minimum Gasteiger partial charge on any atom is -0.378 e. The van der Waals surface area contributed by atoms with E-state index in [-0.39, 0.29) is 5.25 Å². The summed E-state index contributed by atoms with van der Waals surface area (Å²) in [5, 5.41) is 2.88. The molecular weight excluding hydrogens is 262 g/mol. The van der Waals surface area contributed by atoms with Crippen molar-refractivity contribution < 1.29 is 8.42 Å². The Morgan fingerprint density at radius 3 is 2.58 bits per heavy atom. The zero-order valence-electron chi connectivity index (χ0n) is 11.4. The normalized spacial score (nSPS) is 17.2. The number of hydrogen-bond donors (Lipinski definition) is 2. The summed E-state index contributed by atoms with van der Waals surface area (Å²) in [4.78, 5) is 1.95. The van der Waals surface area contributed by atoms with E-state index in [2.05, 4.69) is 10.0 Å². The van der Waals surface area contributed by atoms with Crippen molar-refractivity contribution in [2.75, 3.05) is 36.8 Å². The van der Waals surface area contributed by atoms with E-state index in [1.807, 2.05) is 37.2 Å². The highest BCUT2D eigenvalue weighted by molar-refractivity contribution is 7.93. The Morgan fingerprint density at radius 2 is 1.95 bits per heavy atom. The molecule has 1 aliphatic rings. The fourth-order valence-corrected chi connectivity index (χ4v) is 3.68. The number of piperidine rings is 1. The van der Waals surface area contributed by atoms with Crippen LogP contribution in [0, 0.1) is 0 Å². The zero-order chi connectivity index (χ0) is 13.9. The molecule has 1 aliphatic heterocycles. The van der Waals surface area contributed by atoms with Crippen molar-refractivity contribution >= 4 is 21.4 Å². The van der Waals surface area contributed by atoms with E-state index in [4.69, 9.17) is 0 Å². The highest BCUT2D eigenvalue weighted by Crippen LogP contribution is 2.21. The second-order valence-corrected chi connectivity index (χ2v) is 7.00. The molecule has 19 heavy (non-hydrogen) atoms. The molecule has 0 saturated carbocycles. The van der Waals surface area contributed by atoms with E-state index in [1.54, 1.807) is 6.07 Å². The Labute approximate surface area is 115 Å². The molecule has 0 aliphatic carbocycles. The molecule has 0 spiro atoms. The van der Waals surface area contributed by atoms with Crippen LogP contribution in [0.2, 0.25) is 0 Å². The third kappa shape index (κ3) is 3.61. The van der Waals surface area contributed by atoms with Crippen molar-refractivity contribution in [3.8, 4) is 0 Å². The lowest BCUT2D eigenvalue weighted by atomic mass is 10.2. The number of rotatable bonds is 4. The van der Waals surface area contributed by atoms with Gasteiger partial charge in [0.1, 0.15) is 0 Å². The predicted molar refractivity (Wildman–Crippen MR) is 79.2 cm³/mol. The zero-order valence-corrected chi connectivity index (χ0v) is 12.2. The Morgan fingerprint density at radius 1 is 1.26 bits per heavy atom. The third-order valence-electron chi connectivity index (χ3n) is 3.35. The molecule has 1 aromatic rings. The lowest BCUT2D eigenvalue weighted by molar-refractivity contribution is 0.499. The highest BCUT2D eigenvalue weighted by atomic mass is 32.2. The van der Waals surface area contributed by atoms with Gasteiger partial charge in [-0.15, -0.1) is 0 Å². The fraction of sp³-hybridized carbons (Fsp3) is 0.538. The van der Waals surface area contributed by atoms with Crippen LogP contribution < -0.4 is 14.9 Å². The quantitative estimate of drug-likeness (QED) is 0.873. The number of hydrogen-bond acceptors (Lipinski definition) is 4. The van der Waals surface area contributed by atoms with Gasteiger partial charge in [0.05, 0.1) is 10.9 Å². The second kappa shape index (κ2) is 5.79. The van der Waals surface area contributed by atoms with Gasteiger partial charge in [-0.05, 0) is 44.1 Å². The average molecular weight is 283 g/mol. The predicted octanol–water partition coefficient (Wildman–Crippen LogP) is 1.25. The molecule has 1 aromatic carbocycles. The van der Waals surface area contributed by atoms with Gasteiger partial charge < -0.3 is 10.2 Å². The largest absolute Gasteiger partial charge is 0.378 e. The number of sulfonamides is 1. The summed E-state index contributed by atoms with van der Waals surface area (Å²) in [5.41, 5.74) is 1.61. The van der Waals surface area contributed by atoms with E-state index in [1.165, 1.54) is 0 Å². The fourth-order valence-electron chi connectivity index (χ4n) is 2.20. The maximum atomic E-state index is 12.3. The van der Waals surface area contributed by atoms with Gasteiger partial charge >= 0.3 is 0 Å². The molecule has 1 fully saturated rings. The molecule has 2 N–H and O–H groups in total. The van der Waals surface area contributed by atoms with Gasteiger partial charge in [-0.25, -0.2) is 8.42 Å². The van der Waals surface area contributed by atoms with Crippen molar-refractivity contribution in [2.24, 2.45) is 0 Å². The minimum absolute atomic E-state index is 0.295. The van der Waals surface area contributed by atoms with E-state index in [0.29, 0.717) is 18.5 Å². The Hall–Kier alpha value is -1.27. The topological polar surface area (TPSA) is 61.4 Å². The first-order valence-electron chi connectivity index (χ1n) is 6.49. The molecule has 1 heterocycles. The summed E-state index contributed by atoms with van der Waals surface area (Å²) in [6, 6.07) is 7.43. The highest BCUT2D eigenvalue weighted by Gasteiger charge is 2.27. The number of nitrogens with zero attached hydrogens (tertiary/aromatic N) is 1. The van der Waals surface area contributed by atoms with Gasteiger partial charge in [-0.1, -0.05) is 6.07 Å². The summed E-state index contributed by atoms with van der Waals surface area (Å²) >= 11 is 0. The molecule has 0 radical (unpaired) electrons. The van der Waals surface area contributed by atoms with Crippen LogP contribution >= 0.6 is 0 Å². The van der Waals surface area contributed by atoms with Crippen molar-refractivity contribution in [3.63, 3.8) is 0 Å². The Balaban J connectivity index is 2.13. The van der Waals surface area contributed by atoms with Gasteiger partial charge in [-0.2, -0.15) is 0 Å². The molecule has 6 heteroatoms. The van der Waals surface area contributed by atoms with E-state index >= 15 is 0 Å². The van der Waals surface area contributed by atoms with E-state index in [0.717, 1.165) is 18.8 Å². The maximum Gasteiger partial charge on any atom is 0.235 e. The van der Waals surface area contributed by atoms with E-state index in [9.17, 15) is 8.42 Å². The van der Waals surface area contributed by atoms with Gasteiger partial charge in [-0.3, -0.25) is 4.72 Å². The lowest BCUT2D eigenvalue weighted by Crippen LogP contribution is -2.38. The monoisotopic (exact) mass is 283 g/mol. The van der Waals surface area contributed by atoms with Crippen LogP contribution in [0.1, 0.15) is 12.8 Å². The lowest BCUT2D eigenvalue weighted by Gasteiger charge is -2.23. The molecule has 106 valence electrons. The summed E-state index contributed by atoms with van der Waals surface area (Å²) in [5.74, 6) is 0. The molecule has 0 atom stereocenters. The summed E-state index contributed by atoms with van der Waals surface area (Å²) in [6.45, 7) is 1.53. The molecule has 2 rings (SSSR count). The number of anilines is 2.